The van der Waals surface area contributed by atoms with E-state index in [9.17, 15) is 19.7 Å². The van der Waals surface area contributed by atoms with Gasteiger partial charge in [-0.25, -0.2) is 4.79 Å². The molecule has 134 valence electrons. The highest BCUT2D eigenvalue weighted by Crippen LogP contribution is 2.15. The number of nitrogens with zero attached hydrogens (tertiary/aromatic N) is 2. The van der Waals surface area contributed by atoms with Crippen molar-refractivity contribution in [2.24, 2.45) is 0 Å². The standard InChI is InChI=1S/C19H18N2O5/c1-2-20(16-8-4-3-5-9-16)18(22)14-26-19(23)12-11-15-7-6-10-17(13-15)21(24)25/h3-13H,2,14H2,1H3. The fourth-order valence-corrected chi connectivity index (χ4v) is 2.28. The number of nitro benzene ring substituents is 1. The first-order valence-corrected chi connectivity index (χ1v) is 7.96. The largest absolute Gasteiger partial charge is 0.452 e. The van der Waals surface area contributed by atoms with Crippen LogP contribution in [0.4, 0.5) is 11.4 Å². The molecule has 0 radical (unpaired) electrons. The predicted octanol–water partition coefficient (Wildman–Crippen LogP) is 3.20. The first-order chi connectivity index (χ1) is 12.5. The summed E-state index contributed by atoms with van der Waals surface area (Å²) in [5.41, 5.74) is 1.14. The summed E-state index contributed by atoms with van der Waals surface area (Å²) in [6.45, 7) is 1.89. The van der Waals surface area contributed by atoms with Gasteiger partial charge in [0.05, 0.1) is 4.92 Å². The molecule has 0 atom stereocenters. The summed E-state index contributed by atoms with van der Waals surface area (Å²) in [6, 6.07) is 14.9. The first-order valence-electron chi connectivity index (χ1n) is 7.96. The number of amides is 1. The molecular formula is C19H18N2O5. The van der Waals surface area contributed by atoms with E-state index in [0.29, 0.717) is 12.1 Å². The van der Waals surface area contributed by atoms with E-state index >= 15 is 0 Å². The zero-order chi connectivity index (χ0) is 18.9. The third kappa shape index (κ3) is 5.27. The maximum Gasteiger partial charge on any atom is 0.331 e. The summed E-state index contributed by atoms with van der Waals surface area (Å²) >= 11 is 0. The minimum Gasteiger partial charge on any atom is -0.452 e. The Bertz CT molecular complexity index is 818. The van der Waals surface area contributed by atoms with E-state index in [0.717, 1.165) is 11.8 Å². The van der Waals surface area contributed by atoms with E-state index in [1.54, 1.807) is 18.2 Å². The van der Waals surface area contributed by atoms with E-state index in [1.807, 2.05) is 25.1 Å². The third-order valence-electron chi connectivity index (χ3n) is 3.52. The summed E-state index contributed by atoms with van der Waals surface area (Å²) in [6.07, 6.45) is 2.53. The van der Waals surface area contributed by atoms with Crippen LogP contribution in [0.1, 0.15) is 12.5 Å². The number of hydrogen-bond acceptors (Lipinski definition) is 5. The van der Waals surface area contributed by atoms with Crippen molar-refractivity contribution in [1.29, 1.82) is 0 Å². The summed E-state index contributed by atoms with van der Waals surface area (Å²) in [5, 5.41) is 10.7. The van der Waals surface area contributed by atoms with Gasteiger partial charge in [0, 0.05) is 30.4 Å². The second-order valence-electron chi connectivity index (χ2n) is 5.27. The van der Waals surface area contributed by atoms with Crippen LogP contribution in [0.15, 0.2) is 60.7 Å². The van der Waals surface area contributed by atoms with Crippen LogP contribution < -0.4 is 4.90 Å². The van der Waals surface area contributed by atoms with Crippen molar-refractivity contribution in [1.82, 2.24) is 0 Å². The molecule has 7 heteroatoms. The number of para-hydroxylation sites is 1. The summed E-state index contributed by atoms with van der Waals surface area (Å²) in [5.74, 6) is -1.04. The first kappa shape index (κ1) is 18.9. The maximum absolute atomic E-state index is 12.2. The number of non-ortho nitro benzene ring substituents is 1. The molecule has 0 bridgehead atoms. The molecule has 0 saturated heterocycles. The molecule has 2 rings (SSSR count). The zero-order valence-electron chi connectivity index (χ0n) is 14.2. The van der Waals surface area contributed by atoms with Crippen LogP contribution in [-0.4, -0.2) is 30.0 Å². The minimum atomic E-state index is -0.700. The van der Waals surface area contributed by atoms with Crippen molar-refractivity contribution < 1.29 is 19.2 Å². The molecule has 0 fully saturated rings. The Morgan fingerprint density at radius 1 is 1.15 bits per heavy atom. The highest BCUT2D eigenvalue weighted by molar-refractivity contribution is 5.96. The maximum atomic E-state index is 12.2. The average molecular weight is 354 g/mol. The summed E-state index contributed by atoms with van der Waals surface area (Å²) < 4.78 is 4.96. The number of rotatable bonds is 7. The van der Waals surface area contributed by atoms with E-state index in [1.165, 1.54) is 29.2 Å². The number of likely N-dealkylation sites (N-methyl/N-ethyl adjacent to an activating group) is 1. The number of hydrogen-bond donors (Lipinski definition) is 0. The van der Waals surface area contributed by atoms with Gasteiger partial charge in [0.2, 0.25) is 0 Å². The molecular weight excluding hydrogens is 336 g/mol. The van der Waals surface area contributed by atoms with Crippen molar-refractivity contribution in [3.05, 3.63) is 76.4 Å². The lowest BCUT2D eigenvalue weighted by Crippen LogP contribution is -2.34. The van der Waals surface area contributed by atoms with Crippen LogP contribution in [0, 0.1) is 10.1 Å². The molecule has 0 N–H and O–H groups in total. The highest BCUT2D eigenvalue weighted by Gasteiger charge is 2.15. The monoisotopic (exact) mass is 354 g/mol. The second-order valence-corrected chi connectivity index (χ2v) is 5.27. The lowest BCUT2D eigenvalue weighted by molar-refractivity contribution is -0.384. The zero-order valence-corrected chi connectivity index (χ0v) is 14.2. The lowest BCUT2D eigenvalue weighted by atomic mass is 10.2. The Kier molecular flexibility index (Phi) is 6.61. The fourth-order valence-electron chi connectivity index (χ4n) is 2.28. The van der Waals surface area contributed by atoms with E-state index in [4.69, 9.17) is 4.74 Å². The van der Waals surface area contributed by atoms with Crippen LogP contribution in [0.25, 0.3) is 6.08 Å². The molecule has 2 aromatic carbocycles. The number of carbonyl (C=O) groups is 2. The predicted molar refractivity (Wildman–Crippen MR) is 97.6 cm³/mol. The van der Waals surface area contributed by atoms with Gasteiger partial charge in [-0.15, -0.1) is 0 Å². The highest BCUT2D eigenvalue weighted by atomic mass is 16.6. The quantitative estimate of drug-likeness (QED) is 0.330. The van der Waals surface area contributed by atoms with Crippen molar-refractivity contribution in [2.45, 2.75) is 6.92 Å². The Morgan fingerprint density at radius 3 is 2.54 bits per heavy atom. The molecule has 1 amide bonds. The van der Waals surface area contributed by atoms with Gasteiger partial charge < -0.3 is 9.64 Å². The van der Waals surface area contributed by atoms with Gasteiger partial charge in [0.25, 0.3) is 11.6 Å². The molecule has 0 heterocycles. The average Bonchev–Trinajstić information content (AvgIpc) is 2.66. The molecule has 0 saturated carbocycles. The Balaban J connectivity index is 1.92. The Morgan fingerprint density at radius 2 is 1.88 bits per heavy atom. The Hall–Kier alpha value is -3.48. The van der Waals surface area contributed by atoms with Crippen molar-refractivity contribution in [3.63, 3.8) is 0 Å². The van der Waals surface area contributed by atoms with E-state index in [2.05, 4.69) is 0 Å². The van der Waals surface area contributed by atoms with Gasteiger partial charge in [-0.05, 0) is 30.7 Å². The number of nitro groups is 1. The number of carbonyl (C=O) groups excluding carboxylic acids is 2. The van der Waals surface area contributed by atoms with Gasteiger partial charge in [-0.1, -0.05) is 30.3 Å². The normalized spacial score (nSPS) is 10.5. The van der Waals surface area contributed by atoms with E-state index in [-0.39, 0.29) is 18.2 Å². The molecule has 0 aliphatic rings. The Labute approximate surface area is 150 Å². The van der Waals surface area contributed by atoms with Gasteiger partial charge in [0.15, 0.2) is 6.61 Å². The SMILES string of the molecule is CCN(C(=O)COC(=O)C=Cc1cccc([N+](=O)[O-])c1)c1ccccc1. The van der Waals surface area contributed by atoms with Crippen LogP contribution in [-0.2, 0) is 14.3 Å². The molecule has 0 unspecified atom stereocenters. The van der Waals surface area contributed by atoms with Crippen molar-refractivity contribution in [3.8, 4) is 0 Å². The van der Waals surface area contributed by atoms with Gasteiger partial charge in [-0.3, -0.25) is 14.9 Å². The molecule has 2 aromatic rings. The minimum absolute atomic E-state index is 0.0721. The topological polar surface area (TPSA) is 89.8 Å². The summed E-state index contributed by atoms with van der Waals surface area (Å²) in [7, 11) is 0. The molecule has 0 aromatic heterocycles. The van der Waals surface area contributed by atoms with Crippen LogP contribution in [0.5, 0.6) is 0 Å². The van der Waals surface area contributed by atoms with Crippen LogP contribution >= 0.6 is 0 Å². The van der Waals surface area contributed by atoms with Crippen LogP contribution in [0.2, 0.25) is 0 Å². The van der Waals surface area contributed by atoms with Gasteiger partial charge in [-0.2, -0.15) is 0 Å². The van der Waals surface area contributed by atoms with Crippen molar-refractivity contribution >= 4 is 29.3 Å². The third-order valence-corrected chi connectivity index (χ3v) is 3.52. The smallest absolute Gasteiger partial charge is 0.331 e. The number of esters is 1. The number of benzene rings is 2. The molecule has 0 aliphatic heterocycles. The van der Waals surface area contributed by atoms with Crippen molar-refractivity contribution in [2.75, 3.05) is 18.1 Å². The second kappa shape index (κ2) is 9.12. The molecule has 7 nitrogen and oxygen atoms in total. The summed E-state index contributed by atoms with van der Waals surface area (Å²) in [4.78, 5) is 35.7. The van der Waals surface area contributed by atoms with Gasteiger partial charge in [0.1, 0.15) is 0 Å². The fraction of sp³-hybridized carbons (Fsp3) is 0.158. The van der Waals surface area contributed by atoms with Crippen LogP contribution in [0.3, 0.4) is 0 Å². The molecule has 26 heavy (non-hydrogen) atoms. The number of ether oxygens (including phenoxy) is 1. The lowest BCUT2D eigenvalue weighted by Gasteiger charge is -2.20. The van der Waals surface area contributed by atoms with E-state index < -0.39 is 10.9 Å². The number of anilines is 1. The van der Waals surface area contributed by atoms with Gasteiger partial charge >= 0.3 is 5.97 Å². The molecule has 0 spiro atoms. The molecule has 0 aliphatic carbocycles.